The van der Waals surface area contributed by atoms with Crippen LogP contribution in [0.5, 0.6) is 0 Å². The van der Waals surface area contributed by atoms with E-state index in [0.29, 0.717) is 6.42 Å². The van der Waals surface area contributed by atoms with Crippen LogP contribution in [0.2, 0.25) is 0 Å². The monoisotopic (exact) mass is 207 g/mol. The highest BCUT2D eigenvalue weighted by molar-refractivity contribution is 9.12. The molecule has 2 N–H and O–H groups in total. The summed E-state index contributed by atoms with van der Waals surface area (Å²) in [5.74, 6) is -0.308. The van der Waals surface area contributed by atoms with E-state index < -0.39 is 3.66 Å². The summed E-state index contributed by atoms with van der Waals surface area (Å²) in [6.45, 7) is 0. The van der Waals surface area contributed by atoms with Gasteiger partial charge in [0.15, 0.2) is 3.66 Å². The van der Waals surface area contributed by atoms with Crippen molar-refractivity contribution in [1.29, 1.82) is 0 Å². The van der Waals surface area contributed by atoms with Crippen LogP contribution in [0.25, 0.3) is 0 Å². The Morgan fingerprint density at radius 2 is 2.56 bits per heavy atom. The smallest absolute Gasteiger partial charge is 0.245 e. The van der Waals surface area contributed by atoms with Crippen molar-refractivity contribution >= 4 is 33.6 Å². The minimum Gasteiger partial charge on any atom is -0.368 e. The molecule has 0 fully saturated rings. The van der Waals surface area contributed by atoms with Crippen LogP contribution in [0.15, 0.2) is 11.5 Å². The van der Waals surface area contributed by atoms with Crippen molar-refractivity contribution < 1.29 is 4.79 Å². The lowest BCUT2D eigenvalue weighted by atomic mass is 10.3. The highest BCUT2D eigenvalue weighted by Crippen LogP contribution is 2.41. The second-order valence-electron chi connectivity index (χ2n) is 1.79. The lowest BCUT2D eigenvalue weighted by Crippen LogP contribution is -2.32. The maximum atomic E-state index is 10.6. The Morgan fingerprint density at radius 1 is 1.89 bits per heavy atom. The van der Waals surface area contributed by atoms with Crippen molar-refractivity contribution in [1.82, 2.24) is 0 Å². The van der Waals surface area contributed by atoms with E-state index in [1.807, 2.05) is 11.5 Å². The molecule has 0 spiro atoms. The molecular formula is C5H6BrNOS. The Hall–Kier alpha value is 0.0400. The molecule has 2 nitrogen and oxygen atoms in total. The first-order valence-corrected chi connectivity index (χ1v) is 4.14. The minimum absolute atomic E-state index is 0.308. The second kappa shape index (κ2) is 2.34. The number of alkyl halides is 1. The Labute approximate surface area is 66.0 Å². The van der Waals surface area contributed by atoms with E-state index in [9.17, 15) is 4.79 Å². The average molecular weight is 208 g/mol. The predicted octanol–water partition coefficient (Wildman–Crippen LogP) is 1.21. The maximum Gasteiger partial charge on any atom is 0.245 e. The first-order valence-electron chi connectivity index (χ1n) is 2.47. The summed E-state index contributed by atoms with van der Waals surface area (Å²) in [7, 11) is 0. The molecule has 1 atom stereocenters. The summed E-state index contributed by atoms with van der Waals surface area (Å²) in [4.78, 5) is 10.6. The molecule has 1 unspecified atom stereocenters. The van der Waals surface area contributed by atoms with E-state index in [-0.39, 0.29) is 5.91 Å². The van der Waals surface area contributed by atoms with Crippen LogP contribution in [0.3, 0.4) is 0 Å². The third-order valence-corrected chi connectivity index (χ3v) is 3.44. The van der Waals surface area contributed by atoms with Gasteiger partial charge in [0.05, 0.1) is 0 Å². The molecule has 0 aromatic carbocycles. The standard InChI is InChI=1S/C5H6BrNOS/c6-5(4(7)8)2-1-3-9-5/h1,3H,2H2,(H2,7,8). The van der Waals surface area contributed by atoms with E-state index in [1.165, 1.54) is 11.8 Å². The van der Waals surface area contributed by atoms with E-state index in [2.05, 4.69) is 15.9 Å². The number of halogens is 1. The van der Waals surface area contributed by atoms with Crippen molar-refractivity contribution in [2.75, 3.05) is 0 Å². The summed E-state index contributed by atoms with van der Waals surface area (Å²) in [5, 5.41) is 1.87. The summed E-state index contributed by atoms with van der Waals surface area (Å²) in [6, 6.07) is 0. The van der Waals surface area contributed by atoms with Gasteiger partial charge in [-0.05, 0) is 11.8 Å². The van der Waals surface area contributed by atoms with Gasteiger partial charge in [-0.25, -0.2) is 0 Å². The van der Waals surface area contributed by atoms with Gasteiger partial charge in [0.1, 0.15) is 0 Å². The Morgan fingerprint density at radius 3 is 2.78 bits per heavy atom. The van der Waals surface area contributed by atoms with Crippen molar-refractivity contribution in [2.24, 2.45) is 5.73 Å². The third kappa shape index (κ3) is 1.30. The molecule has 1 heterocycles. The Bertz CT molecular complexity index is 160. The Balaban J connectivity index is 2.66. The van der Waals surface area contributed by atoms with E-state index in [4.69, 9.17) is 5.73 Å². The van der Waals surface area contributed by atoms with Gasteiger partial charge in [-0.3, -0.25) is 4.79 Å². The molecule has 0 aromatic heterocycles. The molecule has 50 valence electrons. The van der Waals surface area contributed by atoms with Gasteiger partial charge in [-0.1, -0.05) is 22.0 Å². The fraction of sp³-hybridized carbons (Fsp3) is 0.400. The molecular weight excluding hydrogens is 202 g/mol. The number of primary amides is 1. The van der Waals surface area contributed by atoms with E-state index in [0.717, 1.165) is 0 Å². The largest absolute Gasteiger partial charge is 0.368 e. The molecule has 0 radical (unpaired) electrons. The van der Waals surface area contributed by atoms with Gasteiger partial charge >= 0.3 is 0 Å². The van der Waals surface area contributed by atoms with Crippen LogP contribution in [0.1, 0.15) is 6.42 Å². The van der Waals surface area contributed by atoms with E-state index in [1.54, 1.807) is 0 Å². The number of hydrogen-bond acceptors (Lipinski definition) is 2. The minimum atomic E-state index is -0.549. The number of allylic oxidation sites excluding steroid dienone is 1. The number of nitrogens with two attached hydrogens (primary N) is 1. The molecule has 9 heavy (non-hydrogen) atoms. The van der Waals surface area contributed by atoms with Crippen molar-refractivity contribution in [3.05, 3.63) is 11.5 Å². The SMILES string of the molecule is NC(=O)C1(Br)CC=CS1. The highest BCUT2D eigenvalue weighted by Gasteiger charge is 2.34. The summed E-state index contributed by atoms with van der Waals surface area (Å²) in [5.41, 5.74) is 5.09. The molecule has 1 aliphatic heterocycles. The second-order valence-corrected chi connectivity index (χ2v) is 4.87. The lowest BCUT2D eigenvalue weighted by Gasteiger charge is -2.13. The van der Waals surface area contributed by atoms with Crippen LogP contribution in [-0.4, -0.2) is 9.56 Å². The molecule has 0 bridgehead atoms. The van der Waals surface area contributed by atoms with Gasteiger partial charge in [0, 0.05) is 0 Å². The van der Waals surface area contributed by atoms with Gasteiger partial charge < -0.3 is 5.73 Å². The zero-order chi connectivity index (χ0) is 6.91. The average Bonchev–Trinajstić information content (AvgIpc) is 2.16. The van der Waals surface area contributed by atoms with Gasteiger partial charge in [-0.2, -0.15) is 0 Å². The zero-order valence-corrected chi connectivity index (χ0v) is 7.04. The number of hydrogen-bond donors (Lipinski definition) is 1. The molecule has 1 aliphatic rings. The summed E-state index contributed by atoms with van der Waals surface area (Å²) >= 11 is 4.65. The molecule has 0 aromatic rings. The van der Waals surface area contributed by atoms with Gasteiger partial charge in [0.25, 0.3) is 0 Å². The fourth-order valence-corrected chi connectivity index (χ4v) is 1.79. The first kappa shape index (κ1) is 7.15. The first-order chi connectivity index (χ1) is 4.15. The fourth-order valence-electron chi connectivity index (χ4n) is 0.562. The van der Waals surface area contributed by atoms with Crippen LogP contribution in [0, 0.1) is 0 Å². The molecule has 1 rings (SSSR count). The summed E-state index contributed by atoms with van der Waals surface area (Å²) < 4.78 is -0.549. The quantitative estimate of drug-likeness (QED) is 0.658. The highest BCUT2D eigenvalue weighted by atomic mass is 79.9. The maximum absolute atomic E-state index is 10.6. The van der Waals surface area contributed by atoms with E-state index >= 15 is 0 Å². The number of carbonyl (C=O) groups excluding carboxylic acids is 1. The summed E-state index contributed by atoms with van der Waals surface area (Å²) in [6.07, 6.45) is 2.61. The van der Waals surface area contributed by atoms with Crippen LogP contribution >= 0.6 is 27.7 Å². The molecule has 4 heteroatoms. The zero-order valence-electron chi connectivity index (χ0n) is 4.63. The van der Waals surface area contributed by atoms with Crippen molar-refractivity contribution in [2.45, 2.75) is 10.1 Å². The molecule has 0 aliphatic carbocycles. The third-order valence-electron chi connectivity index (χ3n) is 1.10. The number of carbonyl (C=O) groups is 1. The molecule has 0 saturated heterocycles. The number of thioether (sulfide) groups is 1. The lowest BCUT2D eigenvalue weighted by molar-refractivity contribution is -0.118. The van der Waals surface area contributed by atoms with Crippen LogP contribution < -0.4 is 5.73 Å². The van der Waals surface area contributed by atoms with Gasteiger partial charge in [0.2, 0.25) is 5.91 Å². The van der Waals surface area contributed by atoms with Crippen molar-refractivity contribution in [3.63, 3.8) is 0 Å². The Kier molecular flexibility index (Phi) is 1.86. The predicted molar refractivity (Wildman–Crippen MR) is 42.2 cm³/mol. The molecule has 1 amide bonds. The van der Waals surface area contributed by atoms with Crippen LogP contribution in [0.4, 0.5) is 0 Å². The molecule has 0 saturated carbocycles. The number of rotatable bonds is 1. The van der Waals surface area contributed by atoms with Crippen molar-refractivity contribution in [3.8, 4) is 0 Å². The topological polar surface area (TPSA) is 43.1 Å². The van der Waals surface area contributed by atoms with Crippen LogP contribution in [-0.2, 0) is 4.79 Å². The normalized spacial score (nSPS) is 33.0. The van der Waals surface area contributed by atoms with Gasteiger partial charge in [-0.15, -0.1) is 11.8 Å². The number of amides is 1.